The van der Waals surface area contributed by atoms with Crippen molar-refractivity contribution in [2.75, 3.05) is 44.2 Å². The van der Waals surface area contributed by atoms with Crippen LogP contribution in [0.3, 0.4) is 0 Å². The molecule has 4 aromatic rings. The van der Waals surface area contributed by atoms with Crippen LogP contribution in [0.25, 0.3) is 32.9 Å². The predicted octanol–water partition coefficient (Wildman–Crippen LogP) is 5.48. The summed E-state index contributed by atoms with van der Waals surface area (Å²) in [7, 11) is 0. The molecular weight excluding hydrogens is 640 g/mol. The van der Waals surface area contributed by atoms with Crippen molar-refractivity contribution in [2.24, 2.45) is 0 Å². The van der Waals surface area contributed by atoms with Gasteiger partial charge in [0.25, 0.3) is 0 Å². The summed E-state index contributed by atoms with van der Waals surface area (Å²) in [5.41, 5.74) is 1.02. The monoisotopic (exact) mass is 679 g/mol. The van der Waals surface area contributed by atoms with E-state index in [4.69, 9.17) is 21.3 Å². The lowest BCUT2D eigenvalue weighted by Gasteiger charge is -2.40. The number of halogens is 3. The van der Waals surface area contributed by atoms with Crippen LogP contribution >= 0.6 is 11.6 Å². The summed E-state index contributed by atoms with van der Waals surface area (Å²) >= 11 is 6.85. The van der Waals surface area contributed by atoms with Gasteiger partial charge in [0.15, 0.2) is 5.82 Å². The van der Waals surface area contributed by atoms with Gasteiger partial charge in [-0.2, -0.15) is 15.1 Å². The molecule has 0 spiro atoms. The van der Waals surface area contributed by atoms with E-state index in [1.54, 1.807) is 18.3 Å². The number of aliphatic hydroxyl groups is 1. The highest BCUT2D eigenvalue weighted by atomic mass is 35.5. The summed E-state index contributed by atoms with van der Waals surface area (Å²) in [4.78, 5) is 26.3. The van der Waals surface area contributed by atoms with E-state index in [2.05, 4.69) is 25.4 Å². The minimum absolute atomic E-state index is 0.0210. The lowest BCUT2D eigenvalue weighted by molar-refractivity contribution is -0.121. The Labute approximate surface area is 282 Å². The van der Waals surface area contributed by atoms with Crippen molar-refractivity contribution in [1.82, 2.24) is 30.4 Å². The number of piperidine rings is 1. The van der Waals surface area contributed by atoms with Gasteiger partial charge in [-0.3, -0.25) is 14.8 Å². The number of nitrogens with one attached hydrogen (secondary N) is 2. The topological polar surface area (TPSA) is 120 Å². The largest absolute Gasteiger partial charge is 0.461 e. The van der Waals surface area contributed by atoms with Crippen molar-refractivity contribution in [1.29, 1.82) is 0 Å². The quantitative estimate of drug-likeness (QED) is 0.260. The third kappa shape index (κ3) is 5.65. The summed E-state index contributed by atoms with van der Waals surface area (Å²) in [6, 6.07) is 5.41. The molecule has 3 unspecified atom stereocenters. The van der Waals surface area contributed by atoms with Crippen molar-refractivity contribution < 1.29 is 23.4 Å². The average Bonchev–Trinajstić information content (AvgIpc) is 3.76. The molecule has 2 aromatic heterocycles. The van der Waals surface area contributed by atoms with Gasteiger partial charge in [0, 0.05) is 65.9 Å². The van der Waals surface area contributed by atoms with E-state index < -0.39 is 23.1 Å². The molecule has 1 amide bonds. The Bertz CT molecular complexity index is 1890. The zero-order valence-electron chi connectivity index (χ0n) is 26.8. The van der Waals surface area contributed by atoms with E-state index in [9.17, 15) is 14.3 Å². The maximum atomic E-state index is 17.2. The molecule has 2 aromatic carbocycles. The number of aromatic amines is 1. The number of nitrogens with zero attached hydrogens (tertiary/aromatic N) is 5. The number of fused-ring (bicyclic) bond motifs is 10. The van der Waals surface area contributed by atoms with Gasteiger partial charge in [0.1, 0.15) is 24.1 Å². The Morgan fingerprint density at radius 1 is 1.08 bits per heavy atom. The normalized spacial score (nSPS) is 26.9. The second-order valence-corrected chi connectivity index (χ2v) is 14.5. The van der Waals surface area contributed by atoms with E-state index in [1.807, 2.05) is 11.0 Å². The average molecular weight is 680 g/mol. The second kappa shape index (κ2) is 12.4. The number of ether oxygens (including phenoxy) is 1. The molecule has 48 heavy (non-hydrogen) atoms. The first-order chi connectivity index (χ1) is 23.2. The van der Waals surface area contributed by atoms with Crippen LogP contribution in [0.5, 0.6) is 6.01 Å². The van der Waals surface area contributed by atoms with Gasteiger partial charge < -0.3 is 20.1 Å². The molecule has 3 N–H and O–H groups in total. The Morgan fingerprint density at radius 2 is 1.94 bits per heavy atom. The van der Waals surface area contributed by atoms with Gasteiger partial charge in [-0.05, 0) is 75.6 Å². The molecule has 7 heterocycles. The molecule has 0 radical (unpaired) electrons. The van der Waals surface area contributed by atoms with Crippen LogP contribution in [0.4, 0.5) is 14.6 Å². The highest BCUT2D eigenvalue weighted by molar-refractivity contribution is 6.33. The van der Waals surface area contributed by atoms with E-state index in [0.29, 0.717) is 104 Å². The van der Waals surface area contributed by atoms with Gasteiger partial charge >= 0.3 is 6.01 Å². The van der Waals surface area contributed by atoms with Crippen molar-refractivity contribution in [3.8, 4) is 17.1 Å². The van der Waals surface area contributed by atoms with Crippen molar-refractivity contribution in [2.45, 2.75) is 81.5 Å². The molecule has 5 aliphatic heterocycles. The molecule has 5 aliphatic rings. The molecule has 3 saturated heterocycles. The SMILES string of the molecule is O=C1CCCCc2c(Cl)cc3[nH]ncc3c2-c2ccc3c(nc(OCC45CCCN4CC(F)C5)nc3c2F)N2CCCC(O)(CCN1)C2. The summed E-state index contributed by atoms with van der Waals surface area (Å²) in [5.74, 6) is -0.130. The molecule has 254 valence electrons. The van der Waals surface area contributed by atoms with Crippen molar-refractivity contribution in [3.05, 3.63) is 40.8 Å². The van der Waals surface area contributed by atoms with Gasteiger partial charge in [0.05, 0.1) is 22.9 Å². The minimum atomic E-state index is -1.07. The van der Waals surface area contributed by atoms with Gasteiger partial charge in [-0.25, -0.2) is 8.78 Å². The highest BCUT2D eigenvalue weighted by Crippen LogP contribution is 2.43. The van der Waals surface area contributed by atoms with Crippen LogP contribution in [0.15, 0.2) is 24.4 Å². The molecule has 13 heteroatoms. The number of H-pyrrole nitrogens is 1. The standard InChI is InChI=1S/C35H40ClF2N7O3/c36-26-15-27-25(17-40-43-27)29-22(26)5-1-2-6-28(46)39-12-11-35(47)10-4-13-44(19-35)32-24-8-7-23(29)30(38)31(24)41-33(42-32)48-20-34-9-3-14-45(34)18-21(37)16-34/h7-8,15,17,21,47H,1-6,9-14,16,18-20H2,(H,39,46)(H,40,43). The number of rotatable bonds is 3. The number of carbonyl (C=O) groups excluding carboxylic acids is 1. The van der Waals surface area contributed by atoms with Gasteiger partial charge in [0.2, 0.25) is 5.91 Å². The zero-order chi connectivity index (χ0) is 33.0. The van der Waals surface area contributed by atoms with E-state index in [1.165, 1.54) is 0 Å². The number of hydrogen-bond acceptors (Lipinski definition) is 8. The van der Waals surface area contributed by atoms with Crippen LogP contribution in [0.2, 0.25) is 5.02 Å². The molecular formula is C35H40ClF2N7O3. The maximum Gasteiger partial charge on any atom is 0.319 e. The third-order valence-electron chi connectivity index (χ3n) is 10.9. The number of carbonyl (C=O) groups is 1. The number of aromatic nitrogens is 4. The summed E-state index contributed by atoms with van der Waals surface area (Å²) in [5, 5.41) is 23.6. The Kier molecular flexibility index (Phi) is 8.16. The highest BCUT2D eigenvalue weighted by Gasteiger charge is 2.49. The maximum absolute atomic E-state index is 17.2. The Balaban J connectivity index is 1.28. The molecule has 9 rings (SSSR count). The zero-order valence-corrected chi connectivity index (χ0v) is 27.6. The summed E-state index contributed by atoms with van der Waals surface area (Å²) in [6.07, 6.45) is 6.76. The molecule has 0 saturated carbocycles. The lowest BCUT2D eigenvalue weighted by atomic mass is 9.89. The first-order valence-electron chi connectivity index (χ1n) is 17.1. The molecule has 0 aliphatic carbocycles. The van der Waals surface area contributed by atoms with Crippen LogP contribution < -0.4 is 15.0 Å². The summed E-state index contributed by atoms with van der Waals surface area (Å²) in [6.45, 7) is 2.62. The van der Waals surface area contributed by atoms with E-state index >= 15 is 4.39 Å². The fraction of sp³-hybridized carbons (Fsp3) is 0.543. The number of alkyl halides is 1. The van der Waals surface area contributed by atoms with Crippen LogP contribution in [-0.4, -0.2) is 92.7 Å². The summed E-state index contributed by atoms with van der Waals surface area (Å²) < 4.78 is 38.0. The number of hydrogen-bond donors (Lipinski definition) is 3. The van der Waals surface area contributed by atoms with Crippen LogP contribution in [0, 0.1) is 5.82 Å². The van der Waals surface area contributed by atoms with Crippen molar-refractivity contribution in [3.63, 3.8) is 0 Å². The van der Waals surface area contributed by atoms with Crippen LogP contribution in [-0.2, 0) is 11.2 Å². The fourth-order valence-electron chi connectivity index (χ4n) is 8.53. The number of anilines is 1. The lowest BCUT2D eigenvalue weighted by Crippen LogP contribution is -2.50. The third-order valence-corrected chi connectivity index (χ3v) is 11.3. The first-order valence-corrected chi connectivity index (χ1v) is 17.5. The molecule has 3 fully saturated rings. The smallest absolute Gasteiger partial charge is 0.319 e. The molecule has 3 atom stereocenters. The predicted molar refractivity (Wildman–Crippen MR) is 180 cm³/mol. The number of benzene rings is 2. The second-order valence-electron chi connectivity index (χ2n) is 14.1. The Hall–Kier alpha value is -3.61. The van der Waals surface area contributed by atoms with Gasteiger partial charge in [-0.1, -0.05) is 17.7 Å². The van der Waals surface area contributed by atoms with Gasteiger partial charge in [-0.15, -0.1) is 0 Å². The fourth-order valence-corrected chi connectivity index (χ4v) is 8.83. The number of amides is 1. The van der Waals surface area contributed by atoms with Crippen LogP contribution in [0.1, 0.15) is 63.4 Å². The van der Waals surface area contributed by atoms with E-state index in [0.717, 1.165) is 30.3 Å². The van der Waals surface area contributed by atoms with Crippen molar-refractivity contribution >= 4 is 45.1 Å². The van der Waals surface area contributed by atoms with E-state index in [-0.39, 0.29) is 30.6 Å². The Morgan fingerprint density at radius 3 is 2.83 bits per heavy atom. The first kappa shape index (κ1) is 31.6. The minimum Gasteiger partial charge on any atom is -0.461 e. The molecule has 10 nitrogen and oxygen atoms in total. The molecule has 6 bridgehead atoms.